The highest BCUT2D eigenvalue weighted by atomic mass is 15.3. The molecule has 2 aromatic heterocycles. The Kier molecular flexibility index (Phi) is 4.19. The molecule has 2 heterocycles. The lowest BCUT2D eigenvalue weighted by molar-refractivity contribution is 0.262. The highest BCUT2D eigenvalue weighted by Crippen LogP contribution is 2.65. The molecule has 2 atom stereocenters. The number of benzene rings is 1. The van der Waals surface area contributed by atoms with E-state index in [1.807, 2.05) is 43.6 Å². The second-order valence-electron chi connectivity index (χ2n) is 8.30. The van der Waals surface area contributed by atoms with Gasteiger partial charge in [-0.1, -0.05) is 36.8 Å². The molecular weight excluding hydrogens is 350 g/mol. The van der Waals surface area contributed by atoms with Gasteiger partial charge in [0.15, 0.2) is 5.65 Å². The van der Waals surface area contributed by atoms with Crippen LogP contribution in [0.4, 0.5) is 11.8 Å². The molecule has 28 heavy (non-hydrogen) atoms. The molecule has 2 saturated carbocycles. The maximum Gasteiger partial charge on any atom is 0.226 e. The number of rotatable bonds is 7. The number of aromatic nitrogens is 4. The molecule has 5 rings (SSSR count). The lowest BCUT2D eigenvalue weighted by Crippen LogP contribution is -2.22. The van der Waals surface area contributed by atoms with Gasteiger partial charge in [-0.25, -0.2) is 0 Å². The Balaban J connectivity index is 1.31. The summed E-state index contributed by atoms with van der Waals surface area (Å²) in [5.74, 6) is 2.22. The van der Waals surface area contributed by atoms with E-state index in [9.17, 15) is 0 Å². The van der Waals surface area contributed by atoms with E-state index < -0.39 is 0 Å². The third kappa shape index (κ3) is 3.09. The van der Waals surface area contributed by atoms with Crippen LogP contribution >= 0.6 is 0 Å². The summed E-state index contributed by atoms with van der Waals surface area (Å²) in [7, 11) is 1.91. The van der Waals surface area contributed by atoms with Crippen molar-refractivity contribution in [2.75, 3.05) is 23.7 Å². The van der Waals surface area contributed by atoms with Crippen LogP contribution in [-0.4, -0.2) is 32.8 Å². The van der Waals surface area contributed by atoms with Crippen molar-refractivity contribution in [3.63, 3.8) is 0 Å². The Morgan fingerprint density at radius 2 is 2.04 bits per heavy atom. The van der Waals surface area contributed by atoms with E-state index >= 15 is 0 Å². The highest BCUT2D eigenvalue weighted by molar-refractivity contribution is 5.87. The molecule has 4 N–H and O–H groups in total. The summed E-state index contributed by atoms with van der Waals surface area (Å²) in [6.45, 7) is 1.54. The number of hydrogen-bond acceptors (Lipinski definition) is 6. The fraction of sp³-hybridized carbons (Fsp3) is 0.476. The summed E-state index contributed by atoms with van der Waals surface area (Å²) in [5.41, 5.74) is 8.87. The van der Waals surface area contributed by atoms with Crippen molar-refractivity contribution in [3.05, 3.63) is 42.1 Å². The maximum atomic E-state index is 6.31. The molecule has 2 aliphatic rings. The Morgan fingerprint density at radius 3 is 2.75 bits per heavy atom. The molecule has 2 aliphatic carbocycles. The summed E-state index contributed by atoms with van der Waals surface area (Å²) in [5, 5.41) is 12.2. The van der Waals surface area contributed by atoms with Crippen LogP contribution in [0.15, 0.2) is 36.5 Å². The third-order valence-corrected chi connectivity index (χ3v) is 6.52. The van der Waals surface area contributed by atoms with Gasteiger partial charge in [0.1, 0.15) is 5.82 Å². The van der Waals surface area contributed by atoms with Crippen LogP contribution in [-0.2, 0) is 7.05 Å². The van der Waals surface area contributed by atoms with E-state index in [1.54, 1.807) is 4.68 Å². The summed E-state index contributed by atoms with van der Waals surface area (Å²) in [6.07, 6.45) is 7.39. The van der Waals surface area contributed by atoms with Crippen LogP contribution in [0, 0.1) is 11.3 Å². The van der Waals surface area contributed by atoms with E-state index in [1.165, 1.54) is 25.7 Å². The van der Waals surface area contributed by atoms with E-state index in [-0.39, 0.29) is 6.04 Å². The molecule has 0 saturated heterocycles. The average Bonchev–Trinajstić information content (AvgIpc) is 3.34. The number of nitrogens with two attached hydrogens (primary N) is 1. The van der Waals surface area contributed by atoms with Crippen LogP contribution in [0.25, 0.3) is 11.0 Å². The lowest BCUT2D eigenvalue weighted by atomic mass is 9.80. The van der Waals surface area contributed by atoms with Gasteiger partial charge >= 0.3 is 0 Å². The minimum Gasteiger partial charge on any atom is -0.369 e. The largest absolute Gasteiger partial charge is 0.369 e. The highest BCUT2D eigenvalue weighted by Gasteiger charge is 2.56. The molecule has 7 nitrogen and oxygen atoms in total. The van der Waals surface area contributed by atoms with E-state index in [0.717, 1.165) is 34.9 Å². The van der Waals surface area contributed by atoms with Gasteiger partial charge in [-0.3, -0.25) is 4.68 Å². The minimum absolute atomic E-state index is 0.117. The van der Waals surface area contributed by atoms with Crippen molar-refractivity contribution >= 4 is 22.8 Å². The third-order valence-electron chi connectivity index (χ3n) is 6.52. The molecule has 0 bridgehead atoms. The van der Waals surface area contributed by atoms with Crippen molar-refractivity contribution in [1.82, 2.24) is 19.7 Å². The Bertz CT molecular complexity index is 977. The zero-order chi connectivity index (χ0) is 19.1. The monoisotopic (exact) mass is 377 g/mol. The molecule has 146 valence electrons. The molecule has 3 aromatic rings. The molecule has 0 amide bonds. The molecule has 1 spiro atoms. The van der Waals surface area contributed by atoms with Gasteiger partial charge in [-0.2, -0.15) is 15.1 Å². The molecule has 7 heteroatoms. The first-order chi connectivity index (χ1) is 13.6. The first-order valence-electron chi connectivity index (χ1n) is 10.1. The first kappa shape index (κ1) is 17.4. The SMILES string of the molecule is Cn1ncc2c(NCC3CC34CCC4)nc(NCC(N)c3ccccc3)nc21. The molecule has 0 aliphatic heterocycles. The Labute approximate surface area is 164 Å². The van der Waals surface area contributed by atoms with Gasteiger partial charge < -0.3 is 16.4 Å². The summed E-state index contributed by atoms with van der Waals surface area (Å²) in [6, 6.07) is 9.96. The summed E-state index contributed by atoms with van der Waals surface area (Å²) < 4.78 is 1.79. The topological polar surface area (TPSA) is 93.7 Å². The van der Waals surface area contributed by atoms with Crippen molar-refractivity contribution in [1.29, 1.82) is 0 Å². The second kappa shape index (κ2) is 6.74. The number of nitrogens with zero attached hydrogens (tertiary/aromatic N) is 4. The Hall–Kier alpha value is -2.67. The molecule has 1 aromatic carbocycles. The van der Waals surface area contributed by atoms with Gasteiger partial charge in [-0.05, 0) is 36.2 Å². The second-order valence-corrected chi connectivity index (χ2v) is 8.30. The first-order valence-corrected chi connectivity index (χ1v) is 10.1. The normalized spacial score (nSPS) is 20.7. The standard InChI is InChI=1S/C21H27N7/c1-28-19-16(12-25-28)18(23-11-15-10-21(15)8-5-9-21)26-20(27-19)24-13-17(22)14-6-3-2-4-7-14/h2-4,6-7,12,15,17H,5,8-11,13,22H2,1H3,(H2,23,24,26,27). The van der Waals surface area contributed by atoms with Crippen LogP contribution in [0.5, 0.6) is 0 Å². The van der Waals surface area contributed by atoms with Crippen molar-refractivity contribution in [2.45, 2.75) is 31.7 Å². The smallest absolute Gasteiger partial charge is 0.226 e. The molecular formula is C21H27N7. The molecule has 0 radical (unpaired) electrons. The van der Waals surface area contributed by atoms with E-state index in [0.29, 0.717) is 17.9 Å². The van der Waals surface area contributed by atoms with Gasteiger partial charge in [0, 0.05) is 26.2 Å². The number of aryl methyl sites for hydroxylation is 1. The van der Waals surface area contributed by atoms with Crippen LogP contribution in [0.1, 0.15) is 37.3 Å². The number of hydrogen-bond donors (Lipinski definition) is 3. The van der Waals surface area contributed by atoms with E-state index in [2.05, 4.69) is 20.7 Å². The van der Waals surface area contributed by atoms with Gasteiger partial charge in [0.05, 0.1) is 11.6 Å². The van der Waals surface area contributed by atoms with Crippen LogP contribution in [0.3, 0.4) is 0 Å². The fourth-order valence-corrected chi connectivity index (χ4v) is 4.44. The van der Waals surface area contributed by atoms with Gasteiger partial charge in [0.2, 0.25) is 5.95 Å². The van der Waals surface area contributed by atoms with Crippen molar-refractivity contribution < 1.29 is 0 Å². The Morgan fingerprint density at radius 1 is 1.21 bits per heavy atom. The van der Waals surface area contributed by atoms with Crippen LogP contribution in [0.2, 0.25) is 0 Å². The van der Waals surface area contributed by atoms with Gasteiger partial charge in [-0.15, -0.1) is 0 Å². The van der Waals surface area contributed by atoms with E-state index in [4.69, 9.17) is 10.7 Å². The predicted molar refractivity (Wildman–Crippen MR) is 111 cm³/mol. The lowest BCUT2D eigenvalue weighted by Gasteiger charge is -2.26. The summed E-state index contributed by atoms with van der Waals surface area (Å²) >= 11 is 0. The van der Waals surface area contributed by atoms with Crippen LogP contribution < -0.4 is 16.4 Å². The minimum atomic E-state index is -0.117. The predicted octanol–water partition coefficient (Wildman–Crippen LogP) is 3.08. The zero-order valence-electron chi connectivity index (χ0n) is 16.2. The van der Waals surface area contributed by atoms with Crippen molar-refractivity contribution in [2.24, 2.45) is 24.1 Å². The zero-order valence-corrected chi connectivity index (χ0v) is 16.2. The number of fused-ring (bicyclic) bond motifs is 1. The quantitative estimate of drug-likeness (QED) is 0.586. The molecule has 2 fully saturated rings. The van der Waals surface area contributed by atoms with Gasteiger partial charge in [0.25, 0.3) is 0 Å². The maximum absolute atomic E-state index is 6.31. The van der Waals surface area contributed by atoms with Crippen molar-refractivity contribution in [3.8, 4) is 0 Å². The average molecular weight is 377 g/mol. The number of anilines is 2. The molecule has 2 unspecified atom stereocenters. The fourth-order valence-electron chi connectivity index (χ4n) is 4.44. The summed E-state index contributed by atoms with van der Waals surface area (Å²) in [4.78, 5) is 9.37. The number of nitrogens with one attached hydrogen (secondary N) is 2.